The maximum Gasteiger partial charge on any atom is 0.0752 e. The van der Waals surface area contributed by atoms with Gasteiger partial charge in [0.1, 0.15) is 0 Å². The van der Waals surface area contributed by atoms with Crippen molar-refractivity contribution in [1.82, 2.24) is 0 Å². The van der Waals surface area contributed by atoms with E-state index in [0.29, 0.717) is 12.0 Å². The molecule has 0 bridgehead atoms. The van der Waals surface area contributed by atoms with Crippen LogP contribution < -0.4 is 5.73 Å². The third kappa shape index (κ3) is 2.17. The van der Waals surface area contributed by atoms with Gasteiger partial charge in [-0.05, 0) is 24.7 Å². The molecule has 2 nitrogen and oxygen atoms in total. The maximum atomic E-state index is 5.99. The monoisotopic (exact) mass is 157 g/mol. The predicted octanol–water partition coefficient (Wildman–Crippen LogP) is 1.39. The van der Waals surface area contributed by atoms with Crippen molar-refractivity contribution in [3.05, 3.63) is 0 Å². The van der Waals surface area contributed by atoms with Crippen molar-refractivity contribution >= 4 is 0 Å². The van der Waals surface area contributed by atoms with Crippen molar-refractivity contribution in [3.63, 3.8) is 0 Å². The van der Waals surface area contributed by atoms with Crippen LogP contribution in [0.5, 0.6) is 0 Å². The van der Waals surface area contributed by atoms with Crippen molar-refractivity contribution in [1.29, 1.82) is 0 Å². The van der Waals surface area contributed by atoms with Crippen LogP contribution in [-0.2, 0) is 4.74 Å². The van der Waals surface area contributed by atoms with E-state index in [4.69, 9.17) is 10.5 Å². The molecule has 66 valence electrons. The fraction of sp³-hybridized carbons (Fsp3) is 1.00. The van der Waals surface area contributed by atoms with E-state index in [0.717, 1.165) is 5.92 Å². The van der Waals surface area contributed by atoms with E-state index in [1.54, 1.807) is 7.11 Å². The van der Waals surface area contributed by atoms with E-state index in [-0.39, 0.29) is 6.04 Å². The van der Waals surface area contributed by atoms with Gasteiger partial charge in [-0.2, -0.15) is 0 Å². The lowest BCUT2D eigenvalue weighted by atomic mass is 9.96. The molecule has 0 aliphatic heterocycles. The molecule has 1 rings (SSSR count). The lowest BCUT2D eigenvalue weighted by Crippen LogP contribution is -2.41. The van der Waals surface area contributed by atoms with Crippen molar-refractivity contribution in [2.24, 2.45) is 17.6 Å². The summed E-state index contributed by atoms with van der Waals surface area (Å²) < 4.78 is 5.37. The highest BCUT2D eigenvalue weighted by atomic mass is 16.5. The molecule has 2 atom stereocenters. The van der Waals surface area contributed by atoms with Crippen LogP contribution in [0.4, 0.5) is 0 Å². The molecule has 0 aromatic heterocycles. The van der Waals surface area contributed by atoms with Crippen molar-refractivity contribution in [3.8, 4) is 0 Å². The minimum atomic E-state index is 0.215. The minimum absolute atomic E-state index is 0.215. The van der Waals surface area contributed by atoms with Crippen molar-refractivity contribution in [2.75, 3.05) is 7.11 Å². The Balaban J connectivity index is 2.39. The molecule has 0 radical (unpaired) electrons. The summed E-state index contributed by atoms with van der Waals surface area (Å²) >= 11 is 0. The highest BCUT2D eigenvalue weighted by molar-refractivity contribution is 4.89. The Morgan fingerprint density at radius 1 is 1.36 bits per heavy atom. The first-order valence-electron chi connectivity index (χ1n) is 4.45. The van der Waals surface area contributed by atoms with E-state index in [1.165, 1.54) is 12.8 Å². The molecular weight excluding hydrogens is 138 g/mol. The zero-order chi connectivity index (χ0) is 8.43. The molecule has 0 spiro atoms. The van der Waals surface area contributed by atoms with E-state index < -0.39 is 0 Å². The summed E-state index contributed by atoms with van der Waals surface area (Å²) in [5, 5.41) is 0. The van der Waals surface area contributed by atoms with Gasteiger partial charge in [-0.25, -0.2) is 0 Å². The standard InChI is InChI=1S/C9H19NO/c1-6(2)8(10)9(11-3)7-4-5-7/h6-9H,4-5,10H2,1-3H3. The summed E-state index contributed by atoms with van der Waals surface area (Å²) in [4.78, 5) is 0. The quantitative estimate of drug-likeness (QED) is 0.669. The van der Waals surface area contributed by atoms with Gasteiger partial charge in [-0.15, -0.1) is 0 Å². The average molecular weight is 157 g/mol. The molecule has 0 amide bonds. The summed E-state index contributed by atoms with van der Waals surface area (Å²) in [6.07, 6.45) is 2.91. The molecule has 2 heteroatoms. The van der Waals surface area contributed by atoms with Gasteiger partial charge >= 0.3 is 0 Å². The summed E-state index contributed by atoms with van der Waals surface area (Å²) in [5.41, 5.74) is 5.99. The Morgan fingerprint density at radius 2 is 1.91 bits per heavy atom. The number of hydrogen-bond acceptors (Lipinski definition) is 2. The first-order valence-corrected chi connectivity index (χ1v) is 4.45. The molecule has 2 N–H and O–H groups in total. The van der Waals surface area contributed by atoms with Crippen LogP contribution in [0.25, 0.3) is 0 Å². The van der Waals surface area contributed by atoms with Gasteiger partial charge in [-0.3, -0.25) is 0 Å². The zero-order valence-electron chi connectivity index (χ0n) is 7.71. The molecule has 11 heavy (non-hydrogen) atoms. The average Bonchev–Trinajstić information content (AvgIpc) is 2.72. The summed E-state index contributed by atoms with van der Waals surface area (Å²) in [6.45, 7) is 4.30. The predicted molar refractivity (Wildman–Crippen MR) is 46.3 cm³/mol. The van der Waals surface area contributed by atoms with Crippen LogP contribution >= 0.6 is 0 Å². The molecule has 1 aliphatic carbocycles. The number of ether oxygens (including phenoxy) is 1. The van der Waals surface area contributed by atoms with Crippen LogP contribution in [0.3, 0.4) is 0 Å². The van der Waals surface area contributed by atoms with Gasteiger partial charge in [0.05, 0.1) is 6.10 Å². The van der Waals surface area contributed by atoms with Crippen LogP contribution in [0, 0.1) is 11.8 Å². The molecule has 1 saturated carbocycles. The Morgan fingerprint density at radius 3 is 2.18 bits per heavy atom. The second-order valence-corrected chi connectivity index (χ2v) is 3.86. The fourth-order valence-electron chi connectivity index (χ4n) is 1.47. The molecule has 2 unspecified atom stereocenters. The van der Waals surface area contributed by atoms with Crippen LogP contribution in [0.1, 0.15) is 26.7 Å². The van der Waals surface area contributed by atoms with E-state index in [9.17, 15) is 0 Å². The highest BCUT2D eigenvalue weighted by Crippen LogP contribution is 2.36. The first-order chi connectivity index (χ1) is 5.16. The number of hydrogen-bond donors (Lipinski definition) is 1. The van der Waals surface area contributed by atoms with E-state index in [2.05, 4.69) is 13.8 Å². The van der Waals surface area contributed by atoms with Crippen LogP contribution in [-0.4, -0.2) is 19.3 Å². The number of methoxy groups -OCH3 is 1. The summed E-state index contributed by atoms with van der Waals surface area (Å²) in [6, 6.07) is 0.215. The second-order valence-electron chi connectivity index (χ2n) is 3.86. The topological polar surface area (TPSA) is 35.2 Å². The van der Waals surface area contributed by atoms with Crippen molar-refractivity contribution < 1.29 is 4.74 Å². The Bertz CT molecular complexity index is 121. The Labute approximate surface area is 69.1 Å². The second kappa shape index (κ2) is 3.55. The SMILES string of the molecule is COC(C1CC1)C(N)C(C)C. The molecule has 0 saturated heterocycles. The largest absolute Gasteiger partial charge is 0.380 e. The van der Waals surface area contributed by atoms with Gasteiger partial charge < -0.3 is 10.5 Å². The lowest BCUT2D eigenvalue weighted by molar-refractivity contribution is 0.0497. The van der Waals surface area contributed by atoms with Crippen LogP contribution in [0.2, 0.25) is 0 Å². The molecular formula is C9H19NO. The summed E-state index contributed by atoms with van der Waals surface area (Å²) in [5.74, 6) is 1.28. The number of rotatable bonds is 4. The van der Waals surface area contributed by atoms with Crippen molar-refractivity contribution in [2.45, 2.75) is 38.8 Å². The minimum Gasteiger partial charge on any atom is -0.380 e. The number of nitrogens with two attached hydrogens (primary N) is 1. The highest BCUT2D eigenvalue weighted by Gasteiger charge is 2.36. The molecule has 0 aromatic carbocycles. The Hall–Kier alpha value is -0.0800. The molecule has 1 fully saturated rings. The smallest absolute Gasteiger partial charge is 0.0752 e. The Kier molecular flexibility index (Phi) is 2.90. The van der Waals surface area contributed by atoms with Gasteiger partial charge in [0.25, 0.3) is 0 Å². The molecule has 1 aliphatic rings. The van der Waals surface area contributed by atoms with Gasteiger partial charge in [0, 0.05) is 13.2 Å². The lowest BCUT2D eigenvalue weighted by Gasteiger charge is -2.25. The maximum absolute atomic E-state index is 5.99. The normalized spacial score (nSPS) is 23.7. The summed E-state index contributed by atoms with van der Waals surface area (Å²) in [7, 11) is 1.77. The van der Waals surface area contributed by atoms with Gasteiger partial charge in [0.2, 0.25) is 0 Å². The van der Waals surface area contributed by atoms with E-state index >= 15 is 0 Å². The zero-order valence-corrected chi connectivity index (χ0v) is 7.71. The third-order valence-electron chi connectivity index (χ3n) is 2.51. The van der Waals surface area contributed by atoms with Gasteiger partial charge in [0.15, 0.2) is 0 Å². The van der Waals surface area contributed by atoms with Crippen LogP contribution in [0.15, 0.2) is 0 Å². The molecule has 0 heterocycles. The molecule has 0 aromatic rings. The third-order valence-corrected chi connectivity index (χ3v) is 2.51. The van der Waals surface area contributed by atoms with E-state index in [1.807, 2.05) is 0 Å². The van der Waals surface area contributed by atoms with Gasteiger partial charge in [-0.1, -0.05) is 13.8 Å². The fourth-order valence-corrected chi connectivity index (χ4v) is 1.47. The first kappa shape index (κ1) is 9.01.